The number of ether oxygens (including phenoxy) is 1. The molecule has 2 aromatic rings. The molecule has 3 rings (SSSR count). The summed E-state index contributed by atoms with van der Waals surface area (Å²) in [5.74, 6) is 2.56. The standard InChI is InChI=1S/C19H25N3OS/c1-20-19(21-11-10-17-6-4-12-24-17)22-13-16-5-2-3-7-18(16)23-14-15-8-9-15/h2-7,12,15H,8-11,13-14H2,1H3,(H2,20,21,22). The van der Waals surface area contributed by atoms with Crippen LogP contribution >= 0.6 is 11.3 Å². The third-order valence-electron chi connectivity index (χ3n) is 4.06. The molecule has 1 heterocycles. The van der Waals surface area contributed by atoms with Gasteiger partial charge in [0.15, 0.2) is 5.96 Å². The number of para-hydroxylation sites is 1. The van der Waals surface area contributed by atoms with Gasteiger partial charge in [-0.15, -0.1) is 11.3 Å². The van der Waals surface area contributed by atoms with Crippen LogP contribution in [0.5, 0.6) is 5.75 Å². The van der Waals surface area contributed by atoms with Crippen LogP contribution < -0.4 is 15.4 Å². The molecule has 0 radical (unpaired) electrons. The van der Waals surface area contributed by atoms with Crippen LogP contribution in [0.3, 0.4) is 0 Å². The zero-order valence-electron chi connectivity index (χ0n) is 14.1. The molecule has 0 amide bonds. The minimum atomic E-state index is 0.708. The van der Waals surface area contributed by atoms with E-state index in [1.165, 1.54) is 23.3 Å². The minimum Gasteiger partial charge on any atom is -0.493 e. The monoisotopic (exact) mass is 343 g/mol. The number of aliphatic imine (C=N–C) groups is 1. The van der Waals surface area contributed by atoms with Gasteiger partial charge < -0.3 is 15.4 Å². The van der Waals surface area contributed by atoms with Crippen molar-refractivity contribution >= 4 is 17.3 Å². The normalized spacial score (nSPS) is 14.5. The molecule has 0 atom stereocenters. The number of nitrogens with zero attached hydrogens (tertiary/aromatic N) is 1. The van der Waals surface area contributed by atoms with Gasteiger partial charge in [-0.1, -0.05) is 24.3 Å². The molecule has 1 saturated carbocycles. The SMILES string of the molecule is CN=C(NCCc1cccs1)NCc1ccccc1OCC1CC1. The number of nitrogens with one attached hydrogen (secondary N) is 2. The van der Waals surface area contributed by atoms with Crippen molar-refractivity contribution in [1.29, 1.82) is 0 Å². The lowest BCUT2D eigenvalue weighted by Crippen LogP contribution is -2.37. The summed E-state index contributed by atoms with van der Waals surface area (Å²) in [6.45, 7) is 2.42. The number of hydrogen-bond donors (Lipinski definition) is 2. The third-order valence-corrected chi connectivity index (χ3v) is 4.99. The van der Waals surface area contributed by atoms with E-state index in [-0.39, 0.29) is 0 Å². The molecule has 0 aliphatic heterocycles. The van der Waals surface area contributed by atoms with Gasteiger partial charge in [0, 0.05) is 30.6 Å². The Morgan fingerprint density at radius 1 is 1.21 bits per heavy atom. The number of thiophene rings is 1. The molecule has 1 aliphatic carbocycles. The molecule has 0 unspecified atom stereocenters. The van der Waals surface area contributed by atoms with E-state index in [1.54, 1.807) is 18.4 Å². The van der Waals surface area contributed by atoms with Gasteiger partial charge in [-0.2, -0.15) is 0 Å². The van der Waals surface area contributed by atoms with Crippen LogP contribution in [0.4, 0.5) is 0 Å². The number of rotatable bonds is 8. The molecular formula is C19H25N3OS. The van der Waals surface area contributed by atoms with Crippen molar-refractivity contribution in [2.45, 2.75) is 25.8 Å². The van der Waals surface area contributed by atoms with Crippen LogP contribution in [-0.4, -0.2) is 26.2 Å². The van der Waals surface area contributed by atoms with Crippen LogP contribution in [0, 0.1) is 5.92 Å². The van der Waals surface area contributed by atoms with Crippen molar-refractivity contribution in [2.24, 2.45) is 10.9 Å². The summed E-state index contributed by atoms with van der Waals surface area (Å²) in [6, 6.07) is 12.5. The quantitative estimate of drug-likeness (QED) is 0.570. The van der Waals surface area contributed by atoms with Gasteiger partial charge in [0.25, 0.3) is 0 Å². The first kappa shape index (κ1) is 16.8. The molecular weight excluding hydrogens is 318 g/mol. The first-order chi connectivity index (χ1) is 11.8. The Morgan fingerprint density at radius 3 is 2.83 bits per heavy atom. The van der Waals surface area contributed by atoms with Gasteiger partial charge >= 0.3 is 0 Å². The smallest absolute Gasteiger partial charge is 0.191 e. The lowest BCUT2D eigenvalue weighted by molar-refractivity contribution is 0.296. The second-order valence-corrected chi connectivity index (χ2v) is 7.08. The van der Waals surface area contributed by atoms with E-state index in [9.17, 15) is 0 Å². The fourth-order valence-corrected chi connectivity index (χ4v) is 3.15. The fraction of sp³-hybridized carbons (Fsp3) is 0.421. The lowest BCUT2D eigenvalue weighted by atomic mass is 10.2. The first-order valence-corrected chi connectivity index (χ1v) is 9.40. The first-order valence-electron chi connectivity index (χ1n) is 8.53. The predicted octanol–water partition coefficient (Wildman–Crippen LogP) is 3.44. The van der Waals surface area contributed by atoms with Gasteiger partial charge in [0.05, 0.1) is 6.61 Å². The molecule has 4 nitrogen and oxygen atoms in total. The Hall–Kier alpha value is -2.01. The van der Waals surface area contributed by atoms with E-state index < -0.39 is 0 Å². The van der Waals surface area contributed by atoms with Gasteiger partial charge in [-0.25, -0.2) is 0 Å². The molecule has 1 fully saturated rings. The van der Waals surface area contributed by atoms with E-state index >= 15 is 0 Å². The highest BCUT2D eigenvalue weighted by Crippen LogP contribution is 2.30. The lowest BCUT2D eigenvalue weighted by Gasteiger charge is -2.14. The Balaban J connectivity index is 1.46. The van der Waals surface area contributed by atoms with Crippen LogP contribution in [0.15, 0.2) is 46.8 Å². The van der Waals surface area contributed by atoms with Gasteiger partial charge in [0.2, 0.25) is 0 Å². The van der Waals surface area contributed by atoms with Crippen molar-refractivity contribution in [1.82, 2.24) is 10.6 Å². The summed E-state index contributed by atoms with van der Waals surface area (Å²) in [4.78, 5) is 5.68. The molecule has 24 heavy (non-hydrogen) atoms. The van der Waals surface area contributed by atoms with Crippen LogP contribution in [0.25, 0.3) is 0 Å². The van der Waals surface area contributed by atoms with Gasteiger partial charge in [-0.05, 0) is 42.7 Å². The van der Waals surface area contributed by atoms with E-state index in [2.05, 4.69) is 39.2 Å². The maximum atomic E-state index is 5.96. The van der Waals surface area contributed by atoms with Crippen molar-refractivity contribution in [3.05, 3.63) is 52.2 Å². The van der Waals surface area contributed by atoms with Crippen molar-refractivity contribution in [3.8, 4) is 5.75 Å². The van der Waals surface area contributed by atoms with Gasteiger partial charge in [0.1, 0.15) is 5.75 Å². The molecule has 0 saturated heterocycles. The summed E-state index contributed by atoms with van der Waals surface area (Å²) < 4.78 is 5.96. The van der Waals surface area contributed by atoms with Crippen molar-refractivity contribution in [3.63, 3.8) is 0 Å². The molecule has 1 aromatic heterocycles. The van der Waals surface area contributed by atoms with E-state index in [0.717, 1.165) is 37.2 Å². The second-order valence-electron chi connectivity index (χ2n) is 6.04. The molecule has 0 spiro atoms. The number of benzene rings is 1. The number of guanidine groups is 1. The predicted molar refractivity (Wildman–Crippen MR) is 101 cm³/mol. The van der Waals surface area contributed by atoms with Crippen LogP contribution in [-0.2, 0) is 13.0 Å². The van der Waals surface area contributed by atoms with Crippen LogP contribution in [0.1, 0.15) is 23.3 Å². The average molecular weight is 343 g/mol. The summed E-state index contributed by atoms with van der Waals surface area (Å²) >= 11 is 1.79. The molecule has 0 bridgehead atoms. The highest BCUT2D eigenvalue weighted by molar-refractivity contribution is 7.09. The third kappa shape index (κ3) is 5.27. The minimum absolute atomic E-state index is 0.708. The summed E-state index contributed by atoms with van der Waals surface area (Å²) in [6.07, 6.45) is 3.63. The zero-order valence-corrected chi connectivity index (χ0v) is 14.9. The number of hydrogen-bond acceptors (Lipinski definition) is 3. The van der Waals surface area contributed by atoms with E-state index in [4.69, 9.17) is 4.74 Å². The summed E-state index contributed by atoms with van der Waals surface area (Å²) in [7, 11) is 1.80. The van der Waals surface area contributed by atoms with Gasteiger partial charge in [-0.3, -0.25) is 4.99 Å². The largest absolute Gasteiger partial charge is 0.493 e. The highest BCUT2D eigenvalue weighted by Gasteiger charge is 2.22. The maximum Gasteiger partial charge on any atom is 0.191 e. The Labute approximate surface area is 148 Å². The molecule has 1 aliphatic rings. The maximum absolute atomic E-state index is 5.96. The van der Waals surface area contributed by atoms with Crippen molar-refractivity contribution < 1.29 is 4.74 Å². The summed E-state index contributed by atoms with van der Waals surface area (Å²) in [5, 5.41) is 8.85. The highest BCUT2D eigenvalue weighted by atomic mass is 32.1. The van der Waals surface area contributed by atoms with E-state index in [0.29, 0.717) is 6.54 Å². The topological polar surface area (TPSA) is 45.7 Å². The Kier molecular flexibility index (Phi) is 6.13. The molecule has 5 heteroatoms. The van der Waals surface area contributed by atoms with Crippen molar-refractivity contribution in [2.75, 3.05) is 20.2 Å². The molecule has 2 N–H and O–H groups in total. The fourth-order valence-electron chi connectivity index (χ4n) is 2.44. The van der Waals surface area contributed by atoms with Crippen LogP contribution in [0.2, 0.25) is 0 Å². The summed E-state index contributed by atoms with van der Waals surface area (Å²) in [5.41, 5.74) is 1.17. The van der Waals surface area contributed by atoms with E-state index in [1.807, 2.05) is 18.2 Å². The zero-order chi connectivity index (χ0) is 16.6. The molecule has 1 aromatic carbocycles. The average Bonchev–Trinajstić information content (AvgIpc) is 3.30. The Morgan fingerprint density at radius 2 is 2.08 bits per heavy atom. The Bertz CT molecular complexity index is 650. The second kappa shape index (κ2) is 8.73. The molecule has 128 valence electrons.